The summed E-state index contributed by atoms with van der Waals surface area (Å²) in [6, 6.07) is 9.81. The molecule has 2 heterocycles. The van der Waals surface area contributed by atoms with Crippen LogP contribution in [0.3, 0.4) is 0 Å². The molecule has 0 saturated carbocycles. The predicted octanol–water partition coefficient (Wildman–Crippen LogP) is 4.43. The van der Waals surface area contributed by atoms with Gasteiger partial charge in [0.05, 0.1) is 23.8 Å². The molecule has 3 aromatic rings. The van der Waals surface area contributed by atoms with Crippen molar-refractivity contribution < 1.29 is 32.0 Å². The first kappa shape index (κ1) is 19.4. The highest BCUT2D eigenvalue weighted by Crippen LogP contribution is 2.34. The number of halogens is 3. The Morgan fingerprint density at radius 3 is 2.57 bits per heavy atom. The summed E-state index contributed by atoms with van der Waals surface area (Å²) in [5.41, 5.74) is 0.0185. The van der Waals surface area contributed by atoms with Crippen molar-refractivity contribution in [3.8, 4) is 17.1 Å². The quantitative estimate of drug-likeness (QED) is 0.598. The van der Waals surface area contributed by atoms with Gasteiger partial charge in [-0.2, -0.15) is 13.2 Å². The molecule has 0 spiro atoms. The average molecular weight is 392 g/mol. The molecular weight excluding hydrogens is 377 g/mol. The zero-order chi connectivity index (χ0) is 20.3. The second kappa shape index (κ2) is 7.71. The van der Waals surface area contributed by atoms with E-state index >= 15 is 0 Å². The Morgan fingerprint density at radius 1 is 1.21 bits per heavy atom. The second-order valence-electron chi connectivity index (χ2n) is 5.78. The number of esters is 1. The minimum atomic E-state index is -4.77. The van der Waals surface area contributed by atoms with E-state index in [1.165, 1.54) is 0 Å². The summed E-state index contributed by atoms with van der Waals surface area (Å²) in [7, 11) is 0.993. The lowest BCUT2D eigenvalue weighted by Gasteiger charge is -2.13. The number of aryl methyl sites for hydroxylation is 1. The Labute approximate surface area is 157 Å². The molecule has 0 aliphatic carbocycles. The summed E-state index contributed by atoms with van der Waals surface area (Å²) in [5.74, 6) is -0.951. The fraction of sp³-hybridized carbons (Fsp3) is 0.211. The molecule has 1 aromatic carbocycles. The van der Waals surface area contributed by atoms with Crippen LogP contribution in [-0.2, 0) is 17.5 Å². The lowest BCUT2D eigenvalue weighted by atomic mass is 10.1. The minimum Gasteiger partial charge on any atom is -0.473 e. The normalized spacial score (nSPS) is 11.3. The van der Waals surface area contributed by atoms with E-state index in [-0.39, 0.29) is 12.5 Å². The van der Waals surface area contributed by atoms with Gasteiger partial charge in [0.15, 0.2) is 0 Å². The third-order valence-corrected chi connectivity index (χ3v) is 3.99. The van der Waals surface area contributed by atoms with Crippen molar-refractivity contribution in [2.45, 2.75) is 19.7 Å². The van der Waals surface area contributed by atoms with Crippen molar-refractivity contribution in [1.29, 1.82) is 0 Å². The molecule has 0 fully saturated rings. The predicted molar refractivity (Wildman–Crippen MR) is 91.6 cm³/mol. The maximum absolute atomic E-state index is 13.3. The van der Waals surface area contributed by atoms with Crippen LogP contribution in [0.25, 0.3) is 11.3 Å². The van der Waals surface area contributed by atoms with E-state index in [4.69, 9.17) is 9.26 Å². The second-order valence-corrected chi connectivity index (χ2v) is 5.78. The molecule has 0 bridgehead atoms. The fourth-order valence-electron chi connectivity index (χ4n) is 2.55. The molecule has 0 atom stereocenters. The van der Waals surface area contributed by atoms with E-state index in [1.54, 1.807) is 6.92 Å². The first-order chi connectivity index (χ1) is 13.3. The maximum atomic E-state index is 13.3. The van der Waals surface area contributed by atoms with Crippen LogP contribution in [0.5, 0.6) is 5.88 Å². The van der Waals surface area contributed by atoms with Crippen molar-refractivity contribution in [1.82, 2.24) is 10.1 Å². The molecule has 0 radical (unpaired) electrons. The van der Waals surface area contributed by atoms with Gasteiger partial charge in [-0.25, -0.2) is 9.78 Å². The molecule has 0 aliphatic heterocycles. The monoisotopic (exact) mass is 392 g/mol. The molecule has 0 saturated heterocycles. The van der Waals surface area contributed by atoms with Crippen molar-refractivity contribution in [2.75, 3.05) is 7.11 Å². The van der Waals surface area contributed by atoms with Crippen LogP contribution in [0.15, 0.2) is 47.1 Å². The first-order valence-corrected chi connectivity index (χ1v) is 8.10. The van der Waals surface area contributed by atoms with E-state index in [0.29, 0.717) is 23.1 Å². The first-order valence-electron chi connectivity index (χ1n) is 8.10. The Balaban J connectivity index is 1.88. The summed E-state index contributed by atoms with van der Waals surface area (Å²) in [4.78, 5) is 15.3. The molecule has 0 amide bonds. The Hall–Kier alpha value is -3.36. The van der Waals surface area contributed by atoms with Gasteiger partial charge in [-0.05, 0) is 6.92 Å². The smallest absolute Gasteiger partial charge is 0.417 e. The van der Waals surface area contributed by atoms with Crippen molar-refractivity contribution in [2.24, 2.45) is 0 Å². The molecule has 9 heteroatoms. The number of aromatic nitrogens is 2. The van der Waals surface area contributed by atoms with Crippen LogP contribution in [-0.4, -0.2) is 23.2 Å². The number of methoxy groups -OCH3 is 1. The molecular formula is C19H15F3N2O4. The van der Waals surface area contributed by atoms with E-state index in [9.17, 15) is 18.0 Å². The number of hydrogen-bond acceptors (Lipinski definition) is 6. The van der Waals surface area contributed by atoms with Gasteiger partial charge < -0.3 is 14.0 Å². The van der Waals surface area contributed by atoms with E-state index in [2.05, 4.69) is 14.9 Å². The van der Waals surface area contributed by atoms with Crippen molar-refractivity contribution in [3.63, 3.8) is 0 Å². The number of nitrogens with zero attached hydrogens (tertiary/aromatic N) is 2. The standard InChI is InChI=1S/C19H15F3N2O4/c1-11-14(17(24-28-11)12-6-4-3-5-7-12)10-27-16-8-15(19(20,21)22)13(9-23-16)18(25)26-2/h3-9H,10H2,1-2H3. The van der Waals surface area contributed by atoms with Crippen LogP contribution < -0.4 is 4.74 Å². The number of benzene rings is 1. The molecule has 0 unspecified atom stereocenters. The van der Waals surface area contributed by atoms with Crippen LogP contribution in [0.2, 0.25) is 0 Å². The summed E-state index contributed by atoms with van der Waals surface area (Å²) < 4.78 is 54.8. The Bertz CT molecular complexity index is 985. The van der Waals surface area contributed by atoms with Crippen LogP contribution in [0.1, 0.15) is 27.2 Å². The van der Waals surface area contributed by atoms with E-state index in [1.807, 2.05) is 30.3 Å². The van der Waals surface area contributed by atoms with Gasteiger partial charge in [0.1, 0.15) is 18.1 Å². The van der Waals surface area contributed by atoms with Crippen molar-refractivity contribution in [3.05, 3.63) is 65.0 Å². The zero-order valence-electron chi connectivity index (χ0n) is 14.9. The van der Waals surface area contributed by atoms with Crippen LogP contribution in [0.4, 0.5) is 13.2 Å². The van der Waals surface area contributed by atoms with Crippen LogP contribution in [0, 0.1) is 6.92 Å². The number of pyridine rings is 1. The Morgan fingerprint density at radius 2 is 1.93 bits per heavy atom. The van der Waals surface area contributed by atoms with Gasteiger partial charge in [0.25, 0.3) is 0 Å². The van der Waals surface area contributed by atoms with Gasteiger partial charge in [-0.15, -0.1) is 0 Å². The topological polar surface area (TPSA) is 74.5 Å². The van der Waals surface area contributed by atoms with Gasteiger partial charge in [-0.1, -0.05) is 35.5 Å². The molecule has 6 nitrogen and oxygen atoms in total. The van der Waals surface area contributed by atoms with Crippen molar-refractivity contribution >= 4 is 5.97 Å². The largest absolute Gasteiger partial charge is 0.473 e. The molecule has 28 heavy (non-hydrogen) atoms. The highest BCUT2D eigenvalue weighted by molar-refractivity contribution is 5.91. The lowest BCUT2D eigenvalue weighted by molar-refractivity contribution is -0.138. The minimum absolute atomic E-state index is 0.110. The van der Waals surface area contributed by atoms with E-state index < -0.39 is 23.3 Å². The summed E-state index contributed by atoms with van der Waals surface area (Å²) >= 11 is 0. The Kier molecular flexibility index (Phi) is 5.34. The highest BCUT2D eigenvalue weighted by atomic mass is 19.4. The number of carbonyl (C=O) groups is 1. The van der Waals surface area contributed by atoms with E-state index in [0.717, 1.165) is 18.9 Å². The summed E-state index contributed by atoms with van der Waals surface area (Å²) in [5, 5.41) is 3.99. The van der Waals surface area contributed by atoms with Gasteiger partial charge in [0.2, 0.25) is 5.88 Å². The average Bonchev–Trinajstić information content (AvgIpc) is 3.06. The molecule has 2 aromatic heterocycles. The number of rotatable bonds is 5. The summed E-state index contributed by atoms with van der Waals surface area (Å²) in [6.45, 7) is 1.56. The molecule has 0 N–H and O–H groups in total. The lowest BCUT2D eigenvalue weighted by Crippen LogP contribution is -2.15. The van der Waals surface area contributed by atoms with Crippen LogP contribution >= 0.6 is 0 Å². The fourth-order valence-corrected chi connectivity index (χ4v) is 2.55. The van der Waals surface area contributed by atoms with Gasteiger partial charge in [0, 0.05) is 17.8 Å². The molecule has 3 rings (SSSR count). The summed E-state index contributed by atoms with van der Waals surface area (Å²) in [6.07, 6.45) is -3.99. The molecule has 146 valence electrons. The maximum Gasteiger partial charge on any atom is 0.417 e. The third-order valence-electron chi connectivity index (χ3n) is 3.99. The SMILES string of the molecule is COC(=O)c1cnc(OCc2c(-c3ccccc3)noc2C)cc1C(F)(F)F. The van der Waals surface area contributed by atoms with Gasteiger partial charge >= 0.3 is 12.1 Å². The highest BCUT2D eigenvalue weighted by Gasteiger charge is 2.36. The van der Waals surface area contributed by atoms with Gasteiger partial charge in [-0.3, -0.25) is 0 Å². The number of carbonyl (C=O) groups excluding carboxylic acids is 1. The third kappa shape index (κ3) is 3.98. The number of alkyl halides is 3. The number of ether oxygens (including phenoxy) is 2. The number of hydrogen-bond donors (Lipinski definition) is 0. The zero-order valence-corrected chi connectivity index (χ0v) is 14.9. The molecule has 0 aliphatic rings.